The summed E-state index contributed by atoms with van der Waals surface area (Å²) in [6.45, 7) is 32.5. The predicted octanol–water partition coefficient (Wildman–Crippen LogP) is 10.9. The van der Waals surface area contributed by atoms with Crippen molar-refractivity contribution in [3.63, 3.8) is 0 Å². The Hall–Kier alpha value is -8.44. The summed E-state index contributed by atoms with van der Waals surface area (Å²) >= 11 is 0. The van der Waals surface area contributed by atoms with Crippen molar-refractivity contribution in [2.45, 2.75) is 156 Å². The van der Waals surface area contributed by atoms with E-state index in [4.69, 9.17) is 52.5 Å². The van der Waals surface area contributed by atoms with Crippen LogP contribution in [-0.2, 0) is 44.5 Å². The molecule has 1 saturated carbocycles. The normalized spacial score (nSPS) is 19.6. The highest BCUT2D eigenvalue weighted by Crippen LogP contribution is 2.39. The molecule has 5 fully saturated rings. The fourth-order valence-corrected chi connectivity index (χ4v) is 16.1. The molecule has 0 unspecified atom stereocenters. The third kappa shape index (κ3) is 29.4. The van der Waals surface area contributed by atoms with Gasteiger partial charge in [-0.15, -0.1) is 0 Å². The first-order chi connectivity index (χ1) is 57.4. The molecule has 5 aromatic carbocycles. The van der Waals surface area contributed by atoms with E-state index in [1.165, 1.54) is 0 Å². The zero-order valence-electron chi connectivity index (χ0n) is 73.6. The largest absolute Gasteiger partial charge is 0.493 e. The van der Waals surface area contributed by atoms with Gasteiger partial charge in [-0.3, -0.25) is 24.0 Å². The summed E-state index contributed by atoms with van der Waals surface area (Å²) in [6.07, 6.45) is 6.17. The Morgan fingerprint density at radius 1 is 0.588 bits per heavy atom. The molecule has 4 saturated heterocycles. The van der Waals surface area contributed by atoms with Crippen molar-refractivity contribution in [3.05, 3.63) is 147 Å². The maximum absolute atomic E-state index is 13.8. The van der Waals surface area contributed by atoms with Crippen LogP contribution in [0.4, 0.5) is 0 Å². The van der Waals surface area contributed by atoms with Crippen LogP contribution in [0.5, 0.6) is 28.7 Å². The molecule has 0 radical (unpaired) electrons. The summed E-state index contributed by atoms with van der Waals surface area (Å²) in [7, 11) is 10.6. The highest BCUT2D eigenvalue weighted by molar-refractivity contribution is 5.98. The molecule has 119 heavy (non-hydrogen) atoms. The smallest absolute Gasteiger partial charge is 0.348 e. The Morgan fingerprint density at radius 3 is 1.73 bits per heavy atom. The number of carboxylic acids is 1. The molecule has 11 rings (SSSR count). The number of carbonyl (C=O) groups excluding carboxylic acids is 5. The van der Waals surface area contributed by atoms with E-state index in [0.717, 1.165) is 161 Å². The Labute approximate surface area is 707 Å². The lowest BCUT2D eigenvalue weighted by Gasteiger charge is -2.31. The first-order valence-electron chi connectivity index (χ1n) is 43.1. The molecule has 1 aliphatic carbocycles. The van der Waals surface area contributed by atoms with Gasteiger partial charge < -0.3 is 99.1 Å². The van der Waals surface area contributed by atoms with Gasteiger partial charge >= 0.3 is 5.97 Å². The standard InChI is InChI=1S/C33H47N3O5.C29H47N3O5.C22H37N3O3.C9H8O4/c1-22(2)35-32(37)28-15-12-23(3)30(41-17-9-16-39-4)29(28)18-25-19-34-20-26(25)21-36(27-13-14-27)33(38)31(40-5)24-10-7-6-8-11-24;1-20(2)27-25(8-7-21(3)28(27)37-12-6-11-35-5)29(34)31-18-23-16-30-17-24(23)19-32(4)26(33)15-22-9-13-36-14-10-22;1-16(2)25(15-20-14-24-13-19(20)12-23-4)22(26)18-8-7-17(3)21(11-18)28-10-6-9-27-5;10-9(11)8-5-12-6-3-1-2-4-7(6)13-8/h6-8,10-12,15,22,25-27,31,34H,9,13-14,16-21H2,1-5H3,(H,35,37);7-8,20,22-24,30H,6,9-19H2,1-5H3,(H,31,34);7-8,11,16,19-20,23-24H,6,9-10,12-15H2,1-5H3;1-4,8H,5H2,(H,10,11)/t25-,26+,31+;23-,24-;19-,20-;8-/m1000/s1. The van der Waals surface area contributed by atoms with E-state index in [0.29, 0.717) is 124 Å². The van der Waals surface area contributed by atoms with E-state index in [-0.39, 0.29) is 77.9 Å². The summed E-state index contributed by atoms with van der Waals surface area (Å²) < 4.78 is 55.2. The number of ether oxygens (including phenoxy) is 10. The maximum atomic E-state index is 13.8. The van der Waals surface area contributed by atoms with Crippen LogP contribution >= 0.6 is 0 Å². The van der Waals surface area contributed by atoms with Crippen LogP contribution in [-0.4, -0.2) is 254 Å². The molecular weight excluding hydrogens is 1520 g/mol. The quantitative estimate of drug-likeness (QED) is 0.0179. The average Bonchev–Trinajstić information content (AvgIpc) is 1.57. The molecule has 658 valence electrons. The molecule has 5 aliphatic heterocycles. The number of aliphatic carboxylic acids is 1. The van der Waals surface area contributed by atoms with E-state index >= 15 is 0 Å². The molecule has 8 atom stereocenters. The van der Waals surface area contributed by atoms with Crippen molar-refractivity contribution in [3.8, 4) is 28.7 Å². The molecule has 5 heterocycles. The summed E-state index contributed by atoms with van der Waals surface area (Å²) in [5.74, 6) is 5.30. The minimum absolute atomic E-state index is 0.0278. The number of hydrogen-bond donors (Lipinski definition) is 7. The summed E-state index contributed by atoms with van der Waals surface area (Å²) in [5, 5.41) is 28.7. The van der Waals surface area contributed by atoms with Gasteiger partial charge in [-0.05, 0) is 220 Å². The van der Waals surface area contributed by atoms with Gasteiger partial charge in [0.2, 0.25) is 12.0 Å². The van der Waals surface area contributed by atoms with Crippen LogP contribution < -0.4 is 55.6 Å². The lowest BCUT2D eigenvalue weighted by atomic mass is 9.86. The van der Waals surface area contributed by atoms with E-state index in [1.54, 1.807) is 46.6 Å². The minimum Gasteiger partial charge on any atom is -0.493 e. The number of nitrogens with one attached hydrogen (secondary N) is 6. The summed E-state index contributed by atoms with van der Waals surface area (Å²) in [5.41, 5.74) is 7.90. The Morgan fingerprint density at radius 2 is 1.14 bits per heavy atom. The van der Waals surface area contributed by atoms with Gasteiger partial charge in [0.05, 0.1) is 19.8 Å². The molecule has 0 aromatic heterocycles. The number of carboxylic acid groups (broad SMARTS) is 1. The van der Waals surface area contributed by atoms with Crippen LogP contribution in [0.3, 0.4) is 0 Å². The molecule has 5 amide bonds. The zero-order valence-corrected chi connectivity index (χ0v) is 73.6. The van der Waals surface area contributed by atoms with Gasteiger partial charge in [0.15, 0.2) is 17.6 Å². The number of carbonyl (C=O) groups is 6. The van der Waals surface area contributed by atoms with Gasteiger partial charge in [0, 0.05) is 186 Å². The van der Waals surface area contributed by atoms with Crippen molar-refractivity contribution in [1.29, 1.82) is 0 Å². The molecular formula is C93H139N9O17. The highest BCUT2D eigenvalue weighted by atomic mass is 16.6. The van der Waals surface area contributed by atoms with Crippen LogP contribution in [0.15, 0.2) is 97.1 Å². The number of fused-ring (bicyclic) bond motifs is 1. The molecule has 7 N–H and O–H groups in total. The lowest BCUT2D eigenvalue weighted by Crippen LogP contribution is -2.43. The number of amides is 5. The highest BCUT2D eigenvalue weighted by Gasteiger charge is 2.42. The maximum Gasteiger partial charge on any atom is 0.348 e. The van der Waals surface area contributed by atoms with Crippen molar-refractivity contribution in [2.75, 3.05) is 174 Å². The van der Waals surface area contributed by atoms with E-state index in [9.17, 15) is 28.8 Å². The van der Waals surface area contributed by atoms with Crippen LogP contribution in [0.2, 0.25) is 0 Å². The van der Waals surface area contributed by atoms with Crippen molar-refractivity contribution in [2.24, 2.45) is 41.4 Å². The summed E-state index contributed by atoms with van der Waals surface area (Å²) in [6, 6.07) is 30.7. The zero-order chi connectivity index (χ0) is 85.9. The Balaban J connectivity index is 0.000000209. The Kier molecular flexibility index (Phi) is 40.4. The molecule has 26 heteroatoms. The number of benzene rings is 5. The summed E-state index contributed by atoms with van der Waals surface area (Å²) in [4.78, 5) is 83.1. The molecule has 0 spiro atoms. The number of methoxy groups -OCH3 is 4. The SMILES string of the molecule is CNC[C@H]1CNC[C@H]1CN(C(=O)c1ccc(C)c(OCCCOC)c1)C(C)C.COCCCOc1c(C)ccc(C(=O)NC(C)C)c1C[C@@H]1CNC[C@H]1CN(C(=O)[C@@H](OC)c1ccccc1)C1CC1.COCCCOc1c(C)ccc(C(=O)NC[C@@H]2CNC[C@H]2CN(C)C(=O)CC2CCOCC2)c1C(C)C.O=C(O)[C@@H]1COc2ccccc2O1. The molecule has 26 nitrogen and oxygen atoms in total. The van der Waals surface area contributed by atoms with Gasteiger partial charge in [-0.1, -0.05) is 74.5 Å². The second-order valence-corrected chi connectivity index (χ2v) is 33.3. The van der Waals surface area contributed by atoms with Crippen LogP contribution in [0.1, 0.15) is 169 Å². The van der Waals surface area contributed by atoms with Crippen molar-refractivity contribution in [1.82, 2.24) is 46.6 Å². The lowest BCUT2D eigenvalue weighted by molar-refractivity contribution is -0.147. The number of rotatable bonds is 40. The van der Waals surface area contributed by atoms with Gasteiger partial charge in [-0.25, -0.2) is 4.79 Å². The first-order valence-corrected chi connectivity index (χ1v) is 43.1. The van der Waals surface area contributed by atoms with Crippen LogP contribution in [0.25, 0.3) is 0 Å². The third-order valence-corrected chi connectivity index (χ3v) is 23.0. The van der Waals surface area contributed by atoms with Gasteiger partial charge in [0.25, 0.3) is 23.6 Å². The average molecular weight is 1660 g/mol. The second-order valence-electron chi connectivity index (χ2n) is 33.3. The fourth-order valence-electron chi connectivity index (χ4n) is 16.1. The van der Waals surface area contributed by atoms with Crippen LogP contribution in [0, 0.1) is 62.2 Å². The third-order valence-electron chi connectivity index (χ3n) is 23.0. The number of nitrogens with zero attached hydrogens (tertiary/aromatic N) is 3. The molecule has 0 bridgehead atoms. The van der Waals surface area contributed by atoms with Crippen molar-refractivity contribution < 1.29 is 81.2 Å². The topological polar surface area (TPSA) is 297 Å². The Bertz CT molecular complexity index is 3950. The molecule has 5 aromatic rings. The van der Waals surface area contributed by atoms with Gasteiger partial charge in [-0.2, -0.15) is 0 Å². The minimum atomic E-state index is -1.01. The van der Waals surface area contributed by atoms with Gasteiger partial charge in [0.1, 0.15) is 23.9 Å². The monoisotopic (exact) mass is 1650 g/mol. The van der Waals surface area contributed by atoms with E-state index < -0.39 is 18.2 Å². The number of aryl methyl sites for hydroxylation is 3. The van der Waals surface area contributed by atoms with Crippen molar-refractivity contribution >= 4 is 35.5 Å². The second kappa shape index (κ2) is 50.1. The predicted molar refractivity (Wildman–Crippen MR) is 463 cm³/mol. The number of hydrogen-bond acceptors (Lipinski definition) is 20. The first kappa shape index (κ1) is 96.0. The fraction of sp³-hybridized carbons (Fsp3) is 0.613. The molecule has 6 aliphatic rings. The van der Waals surface area contributed by atoms with E-state index in [1.807, 2.05) is 137 Å². The number of para-hydroxylation sites is 2. The van der Waals surface area contributed by atoms with E-state index in [2.05, 4.69) is 64.5 Å².